The van der Waals surface area contributed by atoms with Crippen LogP contribution in [-0.2, 0) is 17.1 Å². The molecule has 2 aromatic rings. The van der Waals surface area contributed by atoms with E-state index < -0.39 is 10.0 Å². The number of carbonyl (C=O) groups is 1. The van der Waals surface area contributed by atoms with Gasteiger partial charge in [0.15, 0.2) is 0 Å². The molecule has 0 atom stereocenters. The summed E-state index contributed by atoms with van der Waals surface area (Å²) >= 11 is 0. The first-order valence-corrected chi connectivity index (χ1v) is 10.2. The lowest BCUT2D eigenvalue weighted by atomic mass is 10.1. The summed E-state index contributed by atoms with van der Waals surface area (Å²) in [6, 6.07) is 7.41. The number of aryl methyl sites for hydroxylation is 3. The van der Waals surface area contributed by atoms with E-state index in [4.69, 9.17) is 0 Å². The number of benzene rings is 1. The van der Waals surface area contributed by atoms with Crippen molar-refractivity contribution in [3.05, 3.63) is 47.3 Å². The standard InChI is InChI=1S/C19H25N3O3S/c1-14-9-15(2)11-16(10-14)21(4)19(23)18-12-17(13-20(18)3)26(24,25)22-7-5-6-8-22/h9-13H,5-8H2,1-4H3. The summed E-state index contributed by atoms with van der Waals surface area (Å²) in [5.74, 6) is -0.236. The molecular weight excluding hydrogens is 350 g/mol. The van der Waals surface area contributed by atoms with Gasteiger partial charge in [-0.1, -0.05) is 6.07 Å². The summed E-state index contributed by atoms with van der Waals surface area (Å²) in [7, 11) is -0.129. The maximum Gasteiger partial charge on any atom is 0.274 e. The van der Waals surface area contributed by atoms with Crippen molar-refractivity contribution < 1.29 is 13.2 Å². The molecule has 0 unspecified atom stereocenters. The molecule has 6 nitrogen and oxygen atoms in total. The second-order valence-electron chi connectivity index (χ2n) is 6.99. The van der Waals surface area contributed by atoms with Crippen molar-refractivity contribution in [2.24, 2.45) is 7.05 Å². The summed E-state index contributed by atoms with van der Waals surface area (Å²) < 4.78 is 28.6. The Labute approximate surface area is 155 Å². The van der Waals surface area contributed by atoms with Crippen LogP contribution in [0.25, 0.3) is 0 Å². The molecule has 0 saturated carbocycles. The number of amides is 1. The van der Waals surface area contributed by atoms with Crippen LogP contribution >= 0.6 is 0 Å². The lowest BCUT2D eigenvalue weighted by molar-refractivity contribution is 0.0985. The van der Waals surface area contributed by atoms with Crippen molar-refractivity contribution in [2.45, 2.75) is 31.6 Å². The van der Waals surface area contributed by atoms with Gasteiger partial charge in [-0.15, -0.1) is 0 Å². The van der Waals surface area contributed by atoms with Gasteiger partial charge in [-0.3, -0.25) is 4.79 Å². The number of hydrogen-bond donors (Lipinski definition) is 0. The minimum atomic E-state index is -3.54. The molecule has 1 aromatic heterocycles. The lowest BCUT2D eigenvalue weighted by Crippen LogP contribution is -2.28. The maximum absolute atomic E-state index is 12.9. The number of hydrogen-bond acceptors (Lipinski definition) is 3. The zero-order valence-corrected chi connectivity index (χ0v) is 16.5. The highest BCUT2D eigenvalue weighted by atomic mass is 32.2. The molecule has 0 radical (unpaired) electrons. The average Bonchev–Trinajstić information content (AvgIpc) is 3.22. The van der Waals surface area contributed by atoms with E-state index in [0.717, 1.165) is 29.7 Å². The molecule has 1 amide bonds. The van der Waals surface area contributed by atoms with E-state index in [-0.39, 0.29) is 10.8 Å². The molecule has 3 rings (SSSR count). The molecule has 1 fully saturated rings. The normalized spacial score (nSPS) is 15.4. The third kappa shape index (κ3) is 3.41. The number of nitrogens with zero attached hydrogens (tertiary/aromatic N) is 3. The van der Waals surface area contributed by atoms with Crippen LogP contribution in [0.3, 0.4) is 0 Å². The summed E-state index contributed by atoms with van der Waals surface area (Å²) in [4.78, 5) is 14.7. The van der Waals surface area contributed by atoms with Crippen LogP contribution in [-0.4, -0.2) is 43.3 Å². The van der Waals surface area contributed by atoms with E-state index >= 15 is 0 Å². The van der Waals surface area contributed by atoms with Gasteiger partial charge in [-0.25, -0.2) is 8.42 Å². The first kappa shape index (κ1) is 18.7. The van der Waals surface area contributed by atoms with Crippen LogP contribution < -0.4 is 4.90 Å². The number of carbonyl (C=O) groups excluding carboxylic acids is 1. The lowest BCUT2D eigenvalue weighted by Gasteiger charge is -2.19. The molecule has 1 aliphatic rings. The summed E-state index contributed by atoms with van der Waals surface area (Å²) in [6.45, 7) is 5.06. The first-order valence-electron chi connectivity index (χ1n) is 8.73. The fourth-order valence-corrected chi connectivity index (χ4v) is 4.99. The van der Waals surface area contributed by atoms with E-state index in [9.17, 15) is 13.2 Å². The van der Waals surface area contributed by atoms with Gasteiger partial charge >= 0.3 is 0 Å². The van der Waals surface area contributed by atoms with E-state index in [0.29, 0.717) is 18.8 Å². The summed E-state index contributed by atoms with van der Waals surface area (Å²) in [6.07, 6.45) is 3.29. The molecule has 0 aliphatic carbocycles. The van der Waals surface area contributed by atoms with Gasteiger partial charge in [-0.05, 0) is 56.0 Å². The van der Waals surface area contributed by atoms with Gasteiger partial charge in [0.1, 0.15) is 10.6 Å². The van der Waals surface area contributed by atoms with Crippen molar-refractivity contribution in [2.75, 3.05) is 25.0 Å². The van der Waals surface area contributed by atoms with Crippen molar-refractivity contribution in [1.82, 2.24) is 8.87 Å². The monoisotopic (exact) mass is 375 g/mol. The Morgan fingerprint density at radius 3 is 2.19 bits per heavy atom. The van der Waals surface area contributed by atoms with Gasteiger partial charge in [0.2, 0.25) is 10.0 Å². The minimum Gasteiger partial charge on any atom is -0.345 e. The van der Waals surface area contributed by atoms with Crippen LogP contribution in [0.15, 0.2) is 35.4 Å². The van der Waals surface area contributed by atoms with Gasteiger partial charge in [0.25, 0.3) is 5.91 Å². The molecule has 0 spiro atoms. The summed E-state index contributed by atoms with van der Waals surface area (Å²) in [5, 5.41) is 0. The number of sulfonamides is 1. The number of anilines is 1. The highest BCUT2D eigenvalue weighted by molar-refractivity contribution is 7.89. The van der Waals surface area contributed by atoms with Crippen LogP contribution in [0.1, 0.15) is 34.5 Å². The molecule has 26 heavy (non-hydrogen) atoms. The molecule has 1 aliphatic heterocycles. The molecular formula is C19H25N3O3S. The SMILES string of the molecule is Cc1cc(C)cc(N(C)C(=O)c2cc(S(=O)(=O)N3CCCC3)cn2C)c1. The van der Waals surface area contributed by atoms with Crippen molar-refractivity contribution >= 4 is 21.6 Å². The van der Waals surface area contributed by atoms with E-state index in [1.165, 1.54) is 16.6 Å². The second kappa shape index (κ2) is 6.89. The van der Waals surface area contributed by atoms with Crippen molar-refractivity contribution in [3.63, 3.8) is 0 Å². The zero-order chi connectivity index (χ0) is 19.1. The van der Waals surface area contributed by atoms with E-state index in [2.05, 4.69) is 0 Å². The second-order valence-corrected chi connectivity index (χ2v) is 8.93. The molecule has 1 saturated heterocycles. The minimum absolute atomic E-state index is 0.180. The van der Waals surface area contributed by atoms with Crippen LogP contribution in [0.4, 0.5) is 5.69 Å². The molecule has 0 bridgehead atoms. The first-order chi connectivity index (χ1) is 12.2. The van der Waals surface area contributed by atoms with Gasteiger partial charge in [0, 0.05) is 39.1 Å². The van der Waals surface area contributed by atoms with Crippen molar-refractivity contribution in [3.8, 4) is 0 Å². The third-order valence-corrected chi connectivity index (χ3v) is 6.66. The Morgan fingerprint density at radius 2 is 1.62 bits per heavy atom. The smallest absolute Gasteiger partial charge is 0.274 e. The largest absolute Gasteiger partial charge is 0.345 e. The van der Waals surface area contributed by atoms with Crippen LogP contribution in [0.5, 0.6) is 0 Å². The highest BCUT2D eigenvalue weighted by Gasteiger charge is 2.30. The van der Waals surface area contributed by atoms with Gasteiger partial charge in [0.05, 0.1) is 0 Å². The molecule has 0 N–H and O–H groups in total. The maximum atomic E-state index is 12.9. The van der Waals surface area contributed by atoms with Gasteiger partial charge < -0.3 is 9.47 Å². The Bertz CT molecular complexity index is 921. The van der Waals surface area contributed by atoms with Crippen LogP contribution in [0.2, 0.25) is 0 Å². The Kier molecular flexibility index (Phi) is 4.94. The number of aromatic nitrogens is 1. The van der Waals surface area contributed by atoms with E-state index in [1.807, 2.05) is 32.0 Å². The predicted octanol–water partition coefficient (Wildman–Crippen LogP) is 2.70. The quantitative estimate of drug-likeness (QED) is 0.825. The fraction of sp³-hybridized carbons (Fsp3) is 0.421. The predicted molar refractivity (Wildman–Crippen MR) is 102 cm³/mol. The average molecular weight is 375 g/mol. The number of rotatable bonds is 4. The third-order valence-electron chi connectivity index (χ3n) is 4.80. The molecule has 1 aromatic carbocycles. The fourth-order valence-electron chi connectivity index (χ4n) is 3.40. The van der Waals surface area contributed by atoms with Crippen molar-refractivity contribution in [1.29, 1.82) is 0 Å². The Balaban J connectivity index is 1.92. The molecule has 140 valence electrons. The topological polar surface area (TPSA) is 62.6 Å². The summed E-state index contributed by atoms with van der Waals surface area (Å²) in [5.41, 5.74) is 3.29. The van der Waals surface area contributed by atoms with E-state index in [1.54, 1.807) is 23.6 Å². The Hall–Kier alpha value is -2.12. The zero-order valence-electron chi connectivity index (χ0n) is 15.7. The molecule has 2 heterocycles. The highest BCUT2D eigenvalue weighted by Crippen LogP contribution is 2.24. The van der Waals surface area contributed by atoms with Crippen LogP contribution in [0, 0.1) is 13.8 Å². The Morgan fingerprint density at radius 1 is 1.04 bits per heavy atom. The molecule has 7 heteroatoms. The van der Waals surface area contributed by atoms with Gasteiger partial charge in [-0.2, -0.15) is 4.31 Å².